The summed E-state index contributed by atoms with van der Waals surface area (Å²) in [6.07, 6.45) is 8.40. The molecule has 1 unspecified atom stereocenters. The molecule has 1 aromatic carbocycles. The molecular weight excluding hydrogens is 468 g/mol. The van der Waals surface area contributed by atoms with Crippen LogP contribution in [0.2, 0.25) is 10.0 Å². The number of nitrogens with two attached hydrogens (primary N) is 1. The number of hydrogen-bond donors (Lipinski definition) is 2. The Morgan fingerprint density at radius 3 is 2.82 bits per heavy atom. The number of piperidine rings is 1. The van der Waals surface area contributed by atoms with Gasteiger partial charge in [-0.05, 0) is 45.0 Å². The van der Waals surface area contributed by atoms with Gasteiger partial charge in [-0.3, -0.25) is 4.68 Å². The normalized spacial score (nSPS) is 15.8. The predicted molar refractivity (Wildman–Crippen MR) is 126 cm³/mol. The van der Waals surface area contributed by atoms with Crippen molar-refractivity contribution in [2.45, 2.75) is 31.9 Å². The molecular formula is C23H22Cl2FN5O2. The van der Waals surface area contributed by atoms with Crippen LogP contribution in [0.1, 0.15) is 37.5 Å². The number of nitrogen functional groups attached to an aromatic ring is 1. The number of benzene rings is 1. The van der Waals surface area contributed by atoms with Crippen LogP contribution < -0.4 is 15.8 Å². The van der Waals surface area contributed by atoms with Crippen LogP contribution in [-0.2, 0) is 0 Å². The van der Waals surface area contributed by atoms with Gasteiger partial charge in [-0.15, -0.1) is 0 Å². The van der Waals surface area contributed by atoms with Gasteiger partial charge < -0.3 is 20.2 Å². The van der Waals surface area contributed by atoms with E-state index >= 15 is 0 Å². The Morgan fingerprint density at radius 1 is 1.27 bits per heavy atom. The van der Waals surface area contributed by atoms with Crippen LogP contribution in [0, 0.1) is 5.82 Å². The largest absolute Gasteiger partial charge is 0.478 e. The minimum Gasteiger partial charge on any atom is -0.478 e. The van der Waals surface area contributed by atoms with Gasteiger partial charge in [0, 0.05) is 34.1 Å². The fraction of sp³-hybridized carbons (Fsp3) is 0.304. The maximum absolute atomic E-state index is 14.5. The number of nitrogens with zero attached hydrogens (tertiary/aromatic N) is 3. The lowest BCUT2D eigenvalue weighted by atomic mass is 10.1. The number of fused-ring (bicyclic) bond motifs is 1. The van der Waals surface area contributed by atoms with Gasteiger partial charge in [-0.25, -0.2) is 9.37 Å². The third-order valence-electron chi connectivity index (χ3n) is 5.94. The van der Waals surface area contributed by atoms with Crippen molar-refractivity contribution in [3.8, 4) is 16.9 Å². The maximum atomic E-state index is 14.5. The molecule has 0 radical (unpaired) electrons. The maximum Gasteiger partial charge on any atom is 0.205 e. The van der Waals surface area contributed by atoms with Gasteiger partial charge in [-0.2, -0.15) is 5.10 Å². The van der Waals surface area contributed by atoms with E-state index in [1.54, 1.807) is 19.4 Å². The smallest absolute Gasteiger partial charge is 0.205 e. The Kier molecular flexibility index (Phi) is 5.90. The van der Waals surface area contributed by atoms with Gasteiger partial charge in [-0.1, -0.05) is 23.2 Å². The summed E-state index contributed by atoms with van der Waals surface area (Å²) in [5.41, 5.74) is 8.42. The molecule has 4 heterocycles. The number of aromatic nitrogens is 3. The van der Waals surface area contributed by atoms with Gasteiger partial charge in [0.2, 0.25) is 5.75 Å². The summed E-state index contributed by atoms with van der Waals surface area (Å²) >= 11 is 12.1. The molecule has 0 spiro atoms. The summed E-state index contributed by atoms with van der Waals surface area (Å²) in [5.74, 6) is -0.210. The molecule has 33 heavy (non-hydrogen) atoms. The van der Waals surface area contributed by atoms with E-state index in [0.717, 1.165) is 42.4 Å². The molecule has 0 saturated carbocycles. The predicted octanol–water partition coefficient (Wildman–Crippen LogP) is 5.78. The molecule has 1 fully saturated rings. The van der Waals surface area contributed by atoms with Crippen LogP contribution in [-0.4, -0.2) is 27.9 Å². The zero-order chi connectivity index (χ0) is 23.1. The number of hydrogen-bond acceptors (Lipinski definition) is 6. The van der Waals surface area contributed by atoms with Gasteiger partial charge in [0.05, 0.1) is 22.6 Å². The van der Waals surface area contributed by atoms with E-state index in [0.29, 0.717) is 11.6 Å². The van der Waals surface area contributed by atoms with E-state index in [9.17, 15) is 4.39 Å². The van der Waals surface area contributed by atoms with Crippen molar-refractivity contribution in [3.63, 3.8) is 0 Å². The van der Waals surface area contributed by atoms with Crippen molar-refractivity contribution >= 4 is 40.0 Å². The minimum absolute atomic E-state index is 0.131. The molecule has 0 bridgehead atoms. The van der Waals surface area contributed by atoms with Crippen molar-refractivity contribution in [2.24, 2.45) is 0 Å². The van der Waals surface area contributed by atoms with E-state index in [1.165, 1.54) is 12.1 Å². The summed E-state index contributed by atoms with van der Waals surface area (Å²) in [7, 11) is 0. The molecule has 5 rings (SSSR count). The van der Waals surface area contributed by atoms with E-state index in [2.05, 4.69) is 15.4 Å². The molecule has 0 amide bonds. The van der Waals surface area contributed by atoms with Crippen LogP contribution >= 0.6 is 23.2 Å². The van der Waals surface area contributed by atoms with Crippen LogP contribution in [0.15, 0.2) is 41.4 Å². The molecule has 7 nitrogen and oxygen atoms in total. The second kappa shape index (κ2) is 8.85. The van der Waals surface area contributed by atoms with Gasteiger partial charge >= 0.3 is 0 Å². The highest BCUT2D eigenvalue weighted by molar-refractivity contribution is 6.35. The number of nitrogens with one attached hydrogen (secondary N) is 1. The first-order valence-corrected chi connectivity index (χ1v) is 11.4. The SMILES string of the molecule is CC(Oc1c(N)ncc2c(-c3cnn(C4CCNCC4)c3)coc12)c1c(F)cc(Cl)cc1Cl. The summed E-state index contributed by atoms with van der Waals surface area (Å²) in [6.45, 7) is 3.63. The molecule has 3 aromatic heterocycles. The number of rotatable bonds is 5. The van der Waals surface area contributed by atoms with Crippen LogP contribution in [0.25, 0.3) is 22.1 Å². The molecule has 1 saturated heterocycles. The van der Waals surface area contributed by atoms with Crippen molar-refractivity contribution < 1.29 is 13.5 Å². The lowest BCUT2D eigenvalue weighted by molar-refractivity contribution is 0.222. The van der Waals surface area contributed by atoms with Crippen LogP contribution in [0.4, 0.5) is 10.2 Å². The zero-order valence-electron chi connectivity index (χ0n) is 17.8. The number of furan rings is 1. The Balaban J connectivity index is 1.48. The molecule has 1 atom stereocenters. The molecule has 4 aromatic rings. The highest BCUT2D eigenvalue weighted by Gasteiger charge is 2.24. The lowest BCUT2D eigenvalue weighted by Gasteiger charge is -2.22. The average Bonchev–Trinajstić information content (AvgIpc) is 3.43. The average molecular weight is 490 g/mol. The first-order valence-electron chi connectivity index (χ1n) is 10.6. The fourth-order valence-electron chi connectivity index (χ4n) is 4.24. The highest BCUT2D eigenvalue weighted by atomic mass is 35.5. The molecule has 10 heteroatoms. The second-order valence-corrected chi connectivity index (χ2v) is 8.94. The Labute approximate surface area is 199 Å². The van der Waals surface area contributed by atoms with Gasteiger partial charge in [0.15, 0.2) is 11.4 Å². The number of ether oxygens (including phenoxy) is 1. The Morgan fingerprint density at radius 2 is 2.06 bits per heavy atom. The quantitative estimate of drug-likeness (QED) is 0.368. The molecule has 0 aliphatic carbocycles. The zero-order valence-corrected chi connectivity index (χ0v) is 19.3. The Hall–Kier alpha value is -2.81. The van der Waals surface area contributed by atoms with Crippen LogP contribution in [0.3, 0.4) is 0 Å². The first kappa shape index (κ1) is 22.0. The molecule has 3 N–H and O–H groups in total. The standard InChI is InChI=1S/C23H22Cl2FN5O2/c1-12(20-18(25)6-14(24)7-19(20)26)33-22-21-16(9-29-23(22)27)17(11-32-21)13-8-30-31(10-13)15-2-4-28-5-3-15/h6-12,15,28H,2-5H2,1H3,(H2,27,29). The van der Waals surface area contributed by atoms with Crippen molar-refractivity contribution in [3.05, 3.63) is 58.4 Å². The second-order valence-electron chi connectivity index (χ2n) is 8.10. The first-order chi connectivity index (χ1) is 15.9. The number of halogens is 3. The van der Waals surface area contributed by atoms with Gasteiger partial charge in [0.1, 0.15) is 18.2 Å². The fourth-order valence-corrected chi connectivity index (χ4v) is 4.87. The van der Waals surface area contributed by atoms with Crippen molar-refractivity contribution in [1.29, 1.82) is 0 Å². The third kappa shape index (κ3) is 4.14. The van der Waals surface area contributed by atoms with Crippen molar-refractivity contribution in [2.75, 3.05) is 18.8 Å². The summed E-state index contributed by atoms with van der Waals surface area (Å²) < 4.78 is 28.4. The summed E-state index contributed by atoms with van der Waals surface area (Å²) in [5, 5.41) is 9.01. The third-order valence-corrected chi connectivity index (χ3v) is 6.47. The summed E-state index contributed by atoms with van der Waals surface area (Å²) in [4.78, 5) is 4.28. The van der Waals surface area contributed by atoms with Crippen molar-refractivity contribution in [1.82, 2.24) is 20.1 Å². The number of anilines is 1. The van der Waals surface area contributed by atoms with E-state index < -0.39 is 11.9 Å². The lowest BCUT2D eigenvalue weighted by Crippen LogP contribution is -2.29. The van der Waals surface area contributed by atoms with E-state index in [-0.39, 0.29) is 27.2 Å². The monoisotopic (exact) mass is 489 g/mol. The molecule has 172 valence electrons. The minimum atomic E-state index is -0.763. The molecule has 1 aliphatic heterocycles. The Bertz CT molecular complexity index is 1290. The highest BCUT2D eigenvalue weighted by Crippen LogP contribution is 2.41. The molecule has 1 aliphatic rings. The number of pyridine rings is 1. The van der Waals surface area contributed by atoms with E-state index in [1.807, 2.05) is 17.1 Å². The summed E-state index contributed by atoms with van der Waals surface area (Å²) in [6, 6.07) is 3.02. The van der Waals surface area contributed by atoms with E-state index in [4.69, 9.17) is 38.1 Å². The van der Waals surface area contributed by atoms with Crippen LogP contribution in [0.5, 0.6) is 5.75 Å². The van der Waals surface area contributed by atoms with Gasteiger partial charge in [0.25, 0.3) is 0 Å². The topological polar surface area (TPSA) is 91.1 Å².